The quantitative estimate of drug-likeness (QED) is 0.516. The minimum Gasteiger partial charge on any atom is -0.293 e. The number of benzene rings is 1. The van der Waals surface area contributed by atoms with Crippen LogP contribution in [-0.4, -0.2) is 36.4 Å². The molecule has 0 fully saturated rings. The van der Waals surface area contributed by atoms with Crippen molar-refractivity contribution in [2.24, 2.45) is 0 Å². The van der Waals surface area contributed by atoms with Crippen molar-refractivity contribution < 1.29 is 4.39 Å². The third kappa shape index (κ3) is 3.90. The molecule has 0 radical (unpaired) electrons. The average Bonchev–Trinajstić information content (AvgIpc) is 3.23. The summed E-state index contributed by atoms with van der Waals surface area (Å²) in [5.74, 6) is 0.437. The van der Waals surface area contributed by atoms with Gasteiger partial charge in [0, 0.05) is 66.8 Å². The summed E-state index contributed by atoms with van der Waals surface area (Å²) in [4.78, 5) is 25.4. The molecule has 5 rings (SSSR count). The Hall–Kier alpha value is -3.10. The largest absolute Gasteiger partial charge is 0.293 e. The van der Waals surface area contributed by atoms with E-state index >= 15 is 0 Å². The number of hydrogen-bond donors (Lipinski definition) is 0. The van der Waals surface area contributed by atoms with E-state index in [0.717, 1.165) is 53.4 Å². The minimum atomic E-state index is -0.234. The van der Waals surface area contributed by atoms with Crippen LogP contribution in [0, 0.1) is 5.82 Å². The number of halogens is 1. The van der Waals surface area contributed by atoms with E-state index in [1.807, 2.05) is 12.4 Å². The lowest BCUT2D eigenvalue weighted by Gasteiger charge is -2.27. The zero-order valence-corrected chi connectivity index (χ0v) is 16.3. The second-order valence-electron chi connectivity index (χ2n) is 6.89. The van der Waals surface area contributed by atoms with E-state index in [-0.39, 0.29) is 5.82 Å². The van der Waals surface area contributed by atoms with Crippen molar-refractivity contribution in [1.82, 2.24) is 29.8 Å². The van der Waals surface area contributed by atoms with Crippen LogP contribution in [0.5, 0.6) is 0 Å². The van der Waals surface area contributed by atoms with Gasteiger partial charge in [-0.15, -0.1) is 11.3 Å². The van der Waals surface area contributed by atoms with Crippen molar-refractivity contribution in [3.05, 3.63) is 77.3 Å². The van der Waals surface area contributed by atoms with Crippen molar-refractivity contribution in [2.45, 2.75) is 19.5 Å². The van der Waals surface area contributed by atoms with Crippen LogP contribution in [0.3, 0.4) is 0 Å². The van der Waals surface area contributed by atoms with E-state index in [1.165, 1.54) is 23.3 Å². The zero-order valence-electron chi connectivity index (χ0n) is 15.5. The van der Waals surface area contributed by atoms with Crippen LogP contribution in [0.25, 0.3) is 22.0 Å². The van der Waals surface area contributed by atoms with Gasteiger partial charge in [-0.05, 0) is 24.3 Å². The Morgan fingerprint density at radius 3 is 2.62 bits per heavy atom. The molecule has 0 aliphatic carbocycles. The molecule has 0 bridgehead atoms. The van der Waals surface area contributed by atoms with E-state index in [9.17, 15) is 4.39 Å². The molecule has 0 N–H and O–H groups in total. The molecule has 0 saturated carbocycles. The summed E-state index contributed by atoms with van der Waals surface area (Å²) in [6, 6.07) is 6.46. The van der Waals surface area contributed by atoms with Gasteiger partial charge in [0.2, 0.25) is 0 Å². The Morgan fingerprint density at radius 2 is 1.79 bits per heavy atom. The van der Waals surface area contributed by atoms with Crippen LogP contribution < -0.4 is 0 Å². The van der Waals surface area contributed by atoms with Gasteiger partial charge in [-0.2, -0.15) is 0 Å². The molecule has 0 unspecified atom stereocenters. The maximum atomic E-state index is 13.1. The maximum Gasteiger partial charge on any atom is 0.162 e. The van der Waals surface area contributed by atoms with E-state index < -0.39 is 0 Å². The van der Waals surface area contributed by atoms with Crippen molar-refractivity contribution in [3.8, 4) is 22.0 Å². The first-order valence-electron chi connectivity index (χ1n) is 9.28. The topological polar surface area (TPSA) is 67.7 Å². The first-order chi connectivity index (χ1) is 14.2. The van der Waals surface area contributed by atoms with E-state index in [4.69, 9.17) is 4.98 Å². The Morgan fingerprint density at radius 1 is 0.966 bits per heavy atom. The first-order valence-corrected chi connectivity index (χ1v) is 10.1. The Bertz CT molecular complexity index is 1130. The summed E-state index contributed by atoms with van der Waals surface area (Å²) < 4.78 is 13.1. The van der Waals surface area contributed by atoms with Crippen LogP contribution >= 0.6 is 11.3 Å². The number of fused-ring (bicyclic) bond motifs is 1. The fourth-order valence-corrected chi connectivity index (χ4v) is 4.35. The third-order valence-electron chi connectivity index (χ3n) is 4.86. The molecule has 6 nitrogen and oxygen atoms in total. The molecular weight excluding hydrogens is 387 g/mol. The summed E-state index contributed by atoms with van der Waals surface area (Å²) in [6.07, 6.45) is 9.66. The molecule has 4 aromatic rings. The molecule has 0 saturated heterocycles. The lowest BCUT2D eigenvalue weighted by Crippen LogP contribution is -2.30. The van der Waals surface area contributed by atoms with E-state index in [0.29, 0.717) is 5.82 Å². The predicted molar refractivity (Wildman–Crippen MR) is 108 cm³/mol. The highest BCUT2D eigenvalue weighted by atomic mass is 32.1. The second kappa shape index (κ2) is 7.73. The van der Waals surface area contributed by atoms with Crippen molar-refractivity contribution in [3.63, 3.8) is 0 Å². The van der Waals surface area contributed by atoms with Gasteiger partial charge in [0.05, 0.1) is 11.3 Å². The predicted octanol–water partition coefficient (Wildman–Crippen LogP) is 3.75. The smallest absolute Gasteiger partial charge is 0.162 e. The minimum absolute atomic E-state index is 0.234. The van der Waals surface area contributed by atoms with E-state index in [1.54, 1.807) is 35.9 Å². The number of nitrogens with zero attached hydrogens (tertiary/aromatic N) is 6. The highest BCUT2D eigenvalue weighted by Crippen LogP contribution is 2.28. The molecule has 0 amide bonds. The fraction of sp³-hybridized carbons (Fsp3) is 0.190. The van der Waals surface area contributed by atoms with Gasteiger partial charge in [-0.3, -0.25) is 4.90 Å². The number of thiazole rings is 1. The lowest BCUT2D eigenvalue weighted by atomic mass is 10.1. The zero-order chi connectivity index (χ0) is 19.6. The normalized spacial score (nSPS) is 14.0. The van der Waals surface area contributed by atoms with Gasteiger partial charge < -0.3 is 0 Å². The van der Waals surface area contributed by atoms with Gasteiger partial charge in [0.1, 0.15) is 17.2 Å². The summed E-state index contributed by atoms with van der Waals surface area (Å²) in [7, 11) is 0. The molecule has 144 valence electrons. The first kappa shape index (κ1) is 18.0. The molecular formula is C21H17FN6S. The fourth-order valence-electron chi connectivity index (χ4n) is 3.39. The molecule has 8 heteroatoms. The Kier molecular flexibility index (Phi) is 4.79. The van der Waals surface area contributed by atoms with Crippen LogP contribution in [0.2, 0.25) is 0 Å². The SMILES string of the molecule is Fc1ccc(-c2ncc(CN3CCc4nc(-c5cncnc5)ncc4C3)s2)cc1. The molecule has 1 aromatic carbocycles. The van der Waals surface area contributed by atoms with Crippen LogP contribution in [0.4, 0.5) is 4.39 Å². The molecule has 1 aliphatic rings. The third-order valence-corrected chi connectivity index (χ3v) is 5.89. The molecule has 0 atom stereocenters. The van der Waals surface area contributed by atoms with Crippen LogP contribution in [0.15, 0.2) is 55.4 Å². The second-order valence-corrected chi connectivity index (χ2v) is 8.01. The standard InChI is InChI=1S/C21H17FN6S/c22-17-3-1-14(2-4-17)21-26-10-18(29-21)12-28-6-5-19-16(11-28)9-25-20(27-19)15-7-23-13-24-8-15/h1-4,7-10,13H,5-6,11-12H2. The molecule has 3 aromatic heterocycles. The summed E-state index contributed by atoms with van der Waals surface area (Å²) in [6.45, 7) is 2.57. The van der Waals surface area contributed by atoms with Gasteiger partial charge in [-0.25, -0.2) is 29.3 Å². The maximum absolute atomic E-state index is 13.1. The number of hydrogen-bond acceptors (Lipinski definition) is 7. The summed E-state index contributed by atoms with van der Waals surface area (Å²) >= 11 is 1.65. The van der Waals surface area contributed by atoms with Crippen molar-refractivity contribution in [2.75, 3.05) is 6.54 Å². The molecule has 4 heterocycles. The van der Waals surface area contributed by atoms with Gasteiger partial charge in [0.25, 0.3) is 0 Å². The summed E-state index contributed by atoms with van der Waals surface area (Å²) in [5.41, 5.74) is 4.01. The van der Waals surface area contributed by atoms with Crippen LogP contribution in [0.1, 0.15) is 16.1 Å². The van der Waals surface area contributed by atoms with Crippen molar-refractivity contribution in [1.29, 1.82) is 0 Å². The van der Waals surface area contributed by atoms with Crippen LogP contribution in [-0.2, 0) is 19.5 Å². The van der Waals surface area contributed by atoms with Gasteiger partial charge in [-0.1, -0.05) is 0 Å². The highest BCUT2D eigenvalue weighted by molar-refractivity contribution is 7.15. The average molecular weight is 404 g/mol. The monoisotopic (exact) mass is 404 g/mol. The van der Waals surface area contributed by atoms with Crippen molar-refractivity contribution >= 4 is 11.3 Å². The summed E-state index contributed by atoms with van der Waals surface area (Å²) in [5, 5.41) is 0.912. The lowest BCUT2D eigenvalue weighted by molar-refractivity contribution is 0.245. The molecule has 0 spiro atoms. The Labute approximate surface area is 171 Å². The van der Waals surface area contributed by atoms with Gasteiger partial charge >= 0.3 is 0 Å². The molecule has 29 heavy (non-hydrogen) atoms. The number of rotatable bonds is 4. The Balaban J connectivity index is 1.29. The van der Waals surface area contributed by atoms with Gasteiger partial charge in [0.15, 0.2) is 5.82 Å². The van der Waals surface area contributed by atoms with E-state index in [2.05, 4.69) is 24.8 Å². The molecule has 1 aliphatic heterocycles. The highest BCUT2D eigenvalue weighted by Gasteiger charge is 2.20. The number of aromatic nitrogens is 5.